The van der Waals surface area contributed by atoms with Gasteiger partial charge in [-0.2, -0.15) is 0 Å². The zero-order chi connectivity index (χ0) is 22.4. The van der Waals surface area contributed by atoms with Gasteiger partial charge in [-0.05, 0) is 49.2 Å². The number of rotatable bonds is 4. The van der Waals surface area contributed by atoms with E-state index in [9.17, 15) is 14.4 Å². The first-order chi connectivity index (χ1) is 15.5. The van der Waals surface area contributed by atoms with E-state index in [2.05, 4.69) is 4.98 Å². The number of pyridine rings is 1. The minimum atomic E-state index is -0.735. The predicted molar refractivity (Wildman–Crippen MR) is 120 cm³/mol. The number of aromatic nitrogens is 3. The molecule has 0 aliphatic carbocycles. The number of fused-ring (bicyclic) bond motifs is 2. The average molecular weight is 424 g/mol. The van der Waals surface area contributed by atoms with Crippen molar-refractivity contribution in [3.8, 4) is 5.82 Å². The Morgan fingerprint density at radius 2 is 1.53 bits per heavy atom. The van der Waals surface area contributed by atoms with Crippen LogP contribution in [0, 0.1) is 6.92 Å². The molecule has 0 bridgehead atoms. The normalized spacial score (nSPS) is 14.1. The molecule has 158 valence electrons. The Kier molecular flexibility index (Phi) is 4.66. The molecule has 2 aromatic carbocycles. The zero-order valence-electron chi connectivity index (χ0n) is 17.6. The van der Waals surface area contributed by atoms with Crippen LogP contribution in [0.25, 0.3) is 16.7 Å². The van der Waals surface area contributed by atoms with Gasteiger partial charge in [0.2, 0.25) is 0 Å². The summed E-state index contributed by atoms with van der Waals surface area (Å²) in [4.78, 5) is 50.5. The second kappa shape index (κ2) is 7.53. The summed E-state index contributed by atoms with van der Waals surface area (Å²) in [7, 11) is 0. The van der Waals surface area contributed by atoms with Gasteiger partial charge in [-0.25, -0.2) is 14.5 Å². The van der Waals surface area contributed by atoms with Crippen LogP contribution in [-0.4, -0.2) is 31.2 Å². The molecule has 32 heavy (non-hydrogen) atoms. The smallest absolute Gasteiger partial charge is 0.267 e. The number of imide groups is 1. The minimum absolute atomic E-state index is 0.289. The van der Waals surface area contributed by atoms with Gasteiger partial charge in [0.05, 0.1) is 28.1 Å². The first kappa shape index (κ1) is 19.8. The summed E-state index contributed by atoms with van der Waals surface area (Å²) in [6.45, 7) is 3.72. The topological polar surface area (TPSA) is 85.2 Å². The van der Waals surface area contributed by atoms with Gasteiger partial charge in [0.25, 0.3) is 17.4 Å². The van der Waals surface area contributed by atoms with E-state index in [0.717, 1.165) is 5.56 Å². The van der Waals surface area contributed by atoms with E-state index >= 15 is 0 Å². The van der Waals surface area contributed by atoms with Crippen molar-refractivity contribution in [3.05, 3.63) is 99.7 Å². The molecule has 0 radical (unpaired) electrons. The molecule has 5 rings (SSSR count). The summed E-state index contributed by atoms with van der Waals surface area (Å²) in [6.07, 6.45) is 2.00. The third-order valence-corrected chi connectivity index (χ3v) is 5.82. The molecule has 3 heterocycles. The number of aryl methyl sites for hydroxylation is 1. The van der Waals surface area contributed by atoms with Crippen molar-refractivity contribution in [2.45, 2.75) is 26.3 Å². The van der Waals surface area contributed by atoms with Crippen LogP contribution in [0.2, 0.25) is 0 Å². The Hall–Kier alpha value is -4.13. The van der Waals surface area contributed by atoms with Gasteiger partial charge in [-0.15, -0.1) is 0 Å². The summed E-state index contributed by atoms with van der Waals surface area (Å²) < 4.78 is 1.44. The molecular weight excluding hydrogens is 404 g/mol. The van der Waals surface area contributed by atoms with Crippen molar-refractivity contribution in [2.75, 3.05) is 0 Å². The summed E-state index contributed by atoms with van der Waals surface area (Å²) in [5, 5.41) is 0.443. The third kappa shape index (κ3) is 2.85. The van der Waals surface area contributed by atoms with Crippen molar-refractivity contribution >= 4 is 22.7 Å². The van der Waals surface area contributed by atoms with Crippen LogP contribution in [0.1, 0.15) is 51.5 Å². The van der Waals surface area contributed by atoms with Gasteiger partial charge in [-0.3, -0.25) is 19.3 Å². The highest BCUT2D eigenvalue weighted by molar-refractivity contribution is 6.21. The van der Waals surface area contributed by atoms with Crippen molar-refractivity contribution in [3.63, 3.8) is 0 Å². The highest BCUT2D eigenvalue weighted by Gasteiger charge is 2.41. The fourth-order valence-corrected chi connectivity index (χ4v) is 4.26. The van der Waals surface area contributed by atoms with Gasteiger partial charge in [0.15, 0.2) is 0 Å². The minimum Gasteiger partial charge on any atom is -0.269 e. The highest BCUT2D eigenvalue weighted by atomic mass is 16.2. The van der Waals surface area contributed by atoms with Crippen LogP contribution in [0.5, 0.6) is 0 Å². The Morgan fingerprint density at radius 3 is 2.19 bits per heavy atom. The maximum Gasteiger partial charge on any atom is 0.267 e. The van der Waals surface area contributed by atoms with E-state index in [1.54, 1.807) is 60.8 Å². The number of carbonyl (C=O) groups is 2. The standard InChI is InChI=1S/C25H20N4O3/c1-3-20(28-23(30)16-10-4-5-11-17(16)24(28)31)22-27-19-13-7-6-12-18(19)25(32)29(22)21-15(2)9-8-14-26-21/h4-14,20H,3H2,1-2H3. The first-order valence-corrected chi connectivity index (χ1v) is 10.4. The molecule has 1 aliphatic rings. The maximum atomic E-state index is 13.6. The molecule has 2 amide bonds. The second-order valence-electron chi connectivity index (χ2n) is 7.72. The lowest BCUT2D eigenvalue weighted by molar-refractivity contribution is 0.0568. The number of hydrogen-bond donors (Lipinski definition) is 0. The van der Waals surface area contributed by atoms with Gasteiger partial charge >= 0.3 is 0 Å². The molecule has 0 spiro atoms. The van der Waals surface area contributed by atoms with E-state index in [0.29, 0.717) is 40.1 Å². The van der Waals surface area contributed by atoms with E-state index in [-0.39, 0.29) is 17.4 Å². The Morgan fingerprint density at radius 1 is 0.875 bits per heavy atom. The van der Waals surface area contributed by atoms with Crippen molar-refractivity contribution < 1.29 is 9.59 Å². The van der Waals surface area contributed by atoms with Crippen molar-refractivity contribution in [2.24, 2.45) is 0 Å². The molecule has 4 aromatic rings. The molecular formula is C25H20N4O3. The number of nitrogens with zero attached hydrogens (tertiary/aromatic N) is 4. The van der Waals surface area contributed by atoms with Crippen LogP contribution < -0.4 is 5.56 Å². The van der Waals surface area contributed by atoms with Crippen LogP contribution in [0.15, 0.2) is 71.7 Å². The Bertz CT molecular complexity index is 1420. The molecule has 1 aliphatic heterocycles. The fraction of sp³-hybridized carbons (Fsp3) is 0.160. The van der Waals surface area contributed by atoms with E-state index in [1.165, 1.54) is 9.47 Å². The van der Waals surface area contributed by atoms with Crippen LogP contribution in [0.3, 0.4) is 0 Å². The fourth-order valence-electron chi connectivity index (χ4n) is 4.26. The van der Waals surface area contributed by atoms with Gasteiger partial charge in [0.1, 0.15) is 11.6 Å². The zero-order valence-corrected chi connectivity index (χ0v) is 17.6. The summed E-state index contributed by atoms with van der Waals surface area (Å²) in [5.41, 5.74) is 1.72. The van der Waals surface area contributed by atoms with E-state index in [1.807, 2.05) is 19.9 Å². The van der Waals surface area contributed by atoms with Crippen LogP contribution in [0.4, 0.5) is 0 Å². The van der Waals surface area contributed by atoms with Crippen molar-refractivity contribution in [1.82, 2.24) is 19.4 Å². The lowest BCUT2D eigenvalue weighted by atomic mass is 10.1. The van der Waals surface area contributed by atoms with E-state index < -0.39 is 6.04 Å². The molecule has 0 saturated heterocycles. The first-order valence-electron chi connectivity index (χ1n) is 10.4. The largest absolute Gasteiger partial charge is 0.269 e. The maximum absolute atomic E-state index is 13.6. The molecule has 1 atom stereocenters. The summed E-state index contributed by atoms with van der Waals surface area (Å²) in [6, 6.07) is 16.7. The molecule has 7 nitrogen and oxygen atoms in total. The molecule has 1 unspecified atom stereocenters. The molecule has 2 aromatic heterocycles. The third-order valence-electron chi connectivity index (χ3n) is 5.82. The van der Waals surface area contributed by atoms with Crippen molar-refractivity contribution in [1.29, 1.82) is 0 Å². The SMILES string of the molecule is CCC(c1nc2ccccc2c(=O)n1-c1ncccc1C)N1C(=O)c2ccccc2C1=O. The van der Waals surface area contributed by atoms with Gasteiger partial charge in [0, 0.05) is 6.20 Å². The number of hydrogen-bond acceptors (Lipinski definition) is 5. The summed E-state index contributed by atoms with van der Waals surface area (Å²) >= 11 is 0. The summed E-state index contributed by atoms with van der Waals surface area (Å²) in [5.74, 6) is -0.0263. The monoisotopic (exact) mass is 424 g/mol. The molecule has 0 N–H and O–H groups in total. The molecule has 7 heteroatoms. The number of benzene rings is 2. The number of carbonyl (C=O) groups excluding carboxylic acids is 2. The molecule has 0 fully saturated rings. The number of para-hydroxylation sites is 1. The predicted octanol–water partition coefficient (Wildman–Crippen LogP) is 3.84. The van der Waals surface area contributed by atoms with Crippen LogP contribution >= 0.6 is 0 Å². The van der Waals surface area contributed by atoms with Gasteiger partial charge < -0.3 is 0 Å². The Labute approximate surface area is 184 Å². The second-order valence-corrected chi connectivity index (χ2v) is 7.72. The Balaban J connectivity index is 1.79. The molecule has 0 saturated carbocycles. The average Bonchev–Trinajstić information content (AvgIpc) is 3.06. The highest BCUT2D eigenvalue weighted by Crippen LogP contribution is 2.33. The van der Waals surface area contributed by atoms with E-state index in [4.69, 9.17) is 4.98 Å². The van der Waals surface area contributed by atoms with Crippen LogP contribution in [-0.2, 0) is 0 Å². The lowest BCUT2D eigenvalue weighted by Gasteiger charge is -2.27. The van der Waals surface area contributed by atoms with Gasteiger partial charge in [-0.1, -0.05) is 37.3 Å². The number of amides is 2. The quantitative estimate of drug-likeness (QED) is 0.465. The lowest BCUT2D eigenvalue weighted by Crippen LogP contribution is -2.38.